The Balaban J connectivity index is 1.63. The molecule has 1 aliphatic carbocycles. The van der Waals surface area contributed by atoms with Crippen molar-refractivity contribution >= 4 is 11.6 Å². The molecule has 0 spiro atoms. The maximum Gasteiger partial charge on any atom is 0.256 e. The SMILES string of the molecule is Cc1nc2c(C(=O)N[C@@H]3CCC[C@H](C)[C@@H]3C)cnn2c(C)c1Cc1ccccc1. The second-order valence-corrected chi connectivity index (χ2v) is 8.56. The van der Waals surface area contributed by atoms with Crippen LogP contribution in [0.25, 0.3) is 5.65 Å². The Labute approximate surface area is 172 Å². The topological polar surface area (TPSA) is 59.3 Å². The van der Waals surface area contributed by atoms with Crippen LogP contribution in [0.2, 0.25) is 0 Å². The van der Waals surface area contributed by atoms with Crippen LogP contribution in [-0.2, 0) is 6.42 Å². The van der Waals surface area contributed by atoms with Crippen LogP contribution in [0.3, 0.4) is 0 Å². The monoisotopic (exact) mass is 390 g/mol. The Bertz CT molecular complexity index is 1020. The van der Waals surface area contributed by atoms with Crippen molar-refractivity contribution in [3.8, 4) is 0 Å². The van der Waals surface area contributed by atoms with E-state index < -0.39 is 0 Å². The molecule has 3 atom stereocenters. The van der Waals surface area contributed by atoms with Crippen molar-refractivity contribution in [2.75, 3.05) is 0 Å². The molecule has 1 saturated carbocycles. The van der Waals surface area contributed by atoms with Crippen molar-refractivity contribution in [1.82, 2.24) is 19.9 Å². The number of carbonyl (C=O) groups is 1. The summed E-state index contributed by atoms with van der Waals surface area (Å²) in [6, 6.07) is 10.6. The van der Waals surface area contributed by atoms with E-state index in [2.05, 4.69) is 55.5 Å². The van der Waals surface area contributed by atoms with Crippen molar-refractivity contribution in [3.05, 3.63) is 64.6 Å². The molecule has 1 N–H and O–H groups in total. The number of aromatic nitrogens is 3. The lowest BCUT2D eigenvalue weighted by molar-refractivity contribution is 0.0892. The first kappa shape index (κ1) is 19.6. The van der Waals surface area contributed by atoms with E-state index in [1.807, 2.05) is 17.5 Å². The van der Waals surface area contributed by atoms with Crippen molar-refractivity contribution in [1.29, 1.82) is 0 Å². The van der Waals surface area contributed by atoms with Gasteiger partial charge in [0.15, 0.2) is 5.65 Å². The van der Waals surface area contributed by atoms with Gasteiger partial charge >= 0.3 is 0 Å². The predicted octanol–water partition coefficient (Wildman–Crippen LogP) is 4.49. The highest BCUT2D eigenvalue weighted by Crippen LogP contribution is 2.30. The van der Waals surface area contributed by atoms with Gasteiger partial charge in [-0.3, -0.25) is 4.79 Å². The van der Waals surface area contributed by atoms with Crippen molar-refractivity contribution in [2.45, 2.75) is 59.4 Å². The highest BCUT2D eigenvalue weighted by molar-refractivity contribution is 5.99. The number of nitrogens with zero attached hydrogens (tertiary/aromatic N) is 3. The summed E-state index contributed by atoms with van der Waals surface area (Å²) >= 11 is 0. The molecule has 0 radical (unpaired) electrons. The molecule has 5 heteroatoms. The first-order chi connectivity index (χ1) is 14.0. The van der Waals surface area contributed by atoms with Crippen LogP contribution in [0.15, 0.2) is 36.5 Å². The standard InChI is InChI=1S/C24H30N4O/c1-15-9-8-12-22(16(15)2)27-24(29)21-14-25-28-18(4)20(17(3)26-23(21)28)13-19-10-6-5-7-11-19/h5-7,10-11,14-16,22H,8-9,12-13H2,1-4H3,(H,27,29)/t15-,16-,22+/m0/s1. The molecule has 0 saturated heterocycles. The number of aryl methyl sites for hydroxylation is 2. The molecular formula is C24H30N4O. The molecule has 1 fully saturated rings. The minimum atomic E-state index is -0.0620. The van der Waals surface area contributed by atoms with Gasteiger partial charge < -0.3 is 5.32 Å². The third kappa shape index (κ3) is 3.78. The van der Waals surface area contributed by atoms with E-state index in [1.54, 1.807) is 6.20 Å². The number of benzene rings is 1. The van der Waals surface area contributed by atoms with E-state index in [0.29, 0.717) is 23.0 Å². The first-order valence-electron chi connectivity index (χ1n) is 10.6. The summed E-state index contributed by atoms with van der Waals surface area (Å²) in [5.41, 5.74) is 5.60. The molecule has 29 heavy (non-hydrogen) atoms. The Hall–Kier alpha value is -2.69. The van der Waals surface area contributed by atoms with Crippen LogP contribution in [0.1, 0.15) is 66.0 Å². The minimum Gasteiger partial charge on any atom is -0.349 e. The van der Waals surface area contributed by atoms with Gasteiger partial charge in [-0.2, -0.15) is 5.10 Å². The maximum absolute atomic E-state index is 13.0. The van der Waals surface area contributed by atoms with E-state index in [0.717, 1.165) is 29.8 Å². The summed E-state index contributed by atoms with van der Waals surface area (Å²) in [5, 5.41) is 7.76. The third-order valence-electron chi connectivity index (χ3n) is 6.70. The Morgan fingerprint density at radius 2 is 1.93 bits per heavy atom. The molecule has 2 heterocycles. The molecule has 2 aromatic heterocycles. The molecule has 152 valence electrons. The van der Waals surface area contributed by atoms with Gasteiger partial charge in [0.1, 0.15) is 5.56 Å². The molecule has 3 aromatic rings. The first-order valence-corrected chi connectivity index (χ1v) is 10.6. The van der Waals surface area contributed by atoms with E-state index in [-0.39, 0.29) is 11.9 Å². The van der Waals surface area contributed by atoms with E-state index in [4.69, 9.17) is 4.98 Å². The second kappa shape index (κ2) is 7.97. The fourth-order valence-electron chi connectivity index (χ4n) is 4.56. The van der Waals surface area contributed by atoms with Crippen LogP contribution in [-0.4, -0.2) is 26.5 Å². The summed E-state index contributed by atoms with van der Waals surface area (Å²) in [4.78, 5) is 17.8. The van der Waals surface area contributed by atoms with Crippen LogP contribution >= 0.6 is 0 Å². The van der Waals surface area contributed by atoms with E-state index in [1.165, 1.54) is 18.4 Å². The second-order valence-electron chi connectivity index (χ2n) is 8.56. The van der Waals surface area contributed by atoms with Gasteiger partial charge in [0, 0.05) is 23.9 Å². The molecule has 0 aliphatic heterocycles. The van der Waals surface area contributed by atoms with E-state index >= 15 is 0 Å². The number of nitrogens with one attached hydrogen (secondary N) is 1. The molecule has 1 aliphatic rings. The summed E-state index contributed by atoms with van der Waals surface area (Å²) in [7, 11) is 0. The van der Waals surface area contributed by atoms with Gasteiger partial charge in [-0.25, -0.2) is 9.50 Å². The molecular weight excluding hydrogens is 360 g/mol. The number of carbonyl (C=O) groups excluding carboxylic acids is 1. The molecule has 0 unspecified atom stereocenters. The summed E-state index contributed by atoms with van der Waals surface area (Å²) in [5.74, 6) is 1.07. The van der Waals surface area contributed by atoms with E-state index in [9.17, 15) is 4.79 Å². The average Bonchev–Trinajstić information content (AvgIpc) is 3.13. The van der Waals surface area contributed by atoms with Crippen LogP contribution in [0, 0.1) is 25.7 Å². The number of rotatable bonds is 4. The molecule has 5 nitrogen and oxygen atoms in total. The Kier molecular flexibility index (Phi) is 5.39. The van der Waals surface area contributed by atoms with Gasteiger partial charge in [-0.15, -0.1) is 0 Å². The highest BCUT2D eigenvalue weighted by atomic mass is 16.1. The van der Waals surface area contributed by atoms with Gasteiger partial charge in [0.05, 0.1) is 6.20 Å². The number of fused-ring (bicyclic) bond motifs is 1. The van der Waals surface area contributed by atoms with Gasteiger partial charge in [-0.1, -0.05) is 57.0 Å². The zero-order valence-electron chi connectivity index (χ0n) is 17.8. The fraction of sp³-hybridized carbons (Fsp3) is 0.458. The van der Waals surface area contributed by atoms with Crippen LogP contribution < -0.4 is 5.32 Å². The average molecular weight is 391 g/mol. The van der Waals surface area contributed by atoms with Crippen LogP contribution in [0.4, 0.5) is 0 Å². The lowest BCUT2D eigenvalue weighted by Gasteiger charge is -2.34. The number of hydrogen-bond donors (Lipinski definition) is 1. The normalized spacial score (nSPS) is 22.0. The smallest absolute Gasteiger partial charge is 0.256 e. The maximum atomic E-state index is 13.0. The Morgan fingerprint density at radius 3 is 2.69 bits per heavy atom. The number of hydrogen-bond acceptors (Lipinski definition) is 3. The van der Waals surface area contributed by atoms with Crippen molar-refractivity contribution in [3.63, 3.8) is 0 Å². The summed E-state index contributed by atoms with van der Waals surface area (Å²) in [6.07, 6.45) is 5.93. The summed E-state index contributed by atoms with van der Waals surface area (Å²) < 4.78 is 1.81. The lowest BCUT2D eigenvalue weighted by atomic mass is 9.78. The van der Waals surface area contributed by atoms with Crippen molar-refractivity contribution < 1.29 is 4.79 Å². The van der Waals surface area contributed by atoms with Gasteiger partial charge in [-0.05, 0) is 43.2 Å². The largest absolute Gasteiger partial charge is 0.349 e. The third-order valence-corrected chi connectivity index (χ3v) is 6.70. The quantitative estimate of drug-likeness (QED) is 0.714. The zero-order chi connectivity index (χ0) is 20.5. The molecule has 4 rings (SSSR count). The Morgan fingerprint density at radius 1 is 1.17 bits per heavy atom. The zero-order valence-corrected chi connectivity index (χ0v) is 17.8. The van der Waals surface area contributed by atoms with Crippen molar-refractivity contribution in [2.24, 2.45) is 11.8 Å². The summed E-state index contributed by atoms with van der Waals surface area (Å²) in [6.45, 7) is 8.60. The van der Waals surface area contributed by atoms with Gasteiger partial charge in [0.25, 0.3) is 5.91 Å². The lowest BCUT2D eigenvalue weighted by Crippen LogP contribution is -2.43. The fourth-order valence-corrected chi connectivity index (χ4v) is 4.56. The molecule has 1 amide bonds. The minimum absolute atomic E-state index is 0.0620. The predicted molar refractivity (Wildman–Crippen MR) is 115 cm³/mol. The van der Waals surface area contributed by atoms with Crippen LogP contribution in [0.5, 0.6) is 0 Å². The highest BCUT2D eigenvalue weighted by Gasteiger charge is 2.29. The number of amides is 1. The molecule has 1 aromatic carbocycles. The van der Waals surface area contributed by atoms with Gasteiger partial charge in [0.2, 0.25) is 0 Å². The molecule has 0 bridgehead atoms.